The summed E-state index contributed by atoms with van der Waals surface area (Å²) in [7, 11) is 1.71. The third-order valence-corrected chi connectivity index (χ3v) is 4.14. The molecule has 0 aliphatic heterocycles. The molecule has 1 N–H and O–H groups in total. The lowest BCUT2D eigenvalue weighted by Gasteiger charge is -2.17. The molecule has 2 aromatic rings. The highest BCUT2D eigenvalue weighted by atomic mass is 35.5. The second-order valence-electron chi connectivity index (χ2n) is 4.58. The van der Waals surface area contributed by atoms with E-state index in [1.54, 1.807) is 18.4 Å². The van der Waals surface area contributed by atoms with E-state index in [-0.39, 0.29) is 0 Å². The number of aromatic nitrogens is 1. The van der Waals surface area contributed by atoms with Gasteiger partial charge in [0, 0.05) is 49.1 Å². The lowest BCUT2D eigenvalue weighted by molar-refractivity contribution is 0.199. The molecule has 2 rings (SSSR count). The third-order valence-electron chi connectivity index (χ3n) is 3.10. The fourth-order valence-electron chi connectivity index (χ4n) is 2.08. The maximum absolute atomic E-state index is 6.10. The normalized spacial score (nSPS) is 12.5. The van der Waals surface area contributed by atoms with Crippen molar-refractivity contribution in [2.24, 2.45) is 0 Å². The molecule has 0 fully saturated rings. The minimum Gasteiger partial charge on any atom is -0.383 e. The van der Waals surface area contributed by atoms with Gasteiger partial charge in [-0.1, -0.05) is 23.7 Å². The molecule has 0 bridgehead atoms. The van der Waals surface area contributed by atoms with Gasteiger partial charge in [-0.05, 0) is 17.7 Å². The van der Waals surface area contributed by atoms with Crippen molar-refractivity contribution >= 4 is 22.9 Å². The van der Waals surface area contributed by atoms with Gasteiger partial charge in [0.1, 0.15) is 0 Å². The summed E-state index contributed by atoms with van der Waals surface area (Å²) in [6.07, 6.45) is 2.78. The highest BCUT2D eigenvalue weighted by Gasteiger charge is 2.14. The number of thiazole rings is 1. The van der Waals surface area contributed by atoms with Gasteiger partial charge in [0.05, 0.1) is 11.6 Å². The molecule has 5 heteroatoms. The molecule has 1 unspecified atom stereocenters. The second-order valence-corrected chi connectivity index (χ2v) is 5.99. The first kappa shape index (κ1) is 15.4. The quantitative estimate of drug-likeness (QED) is 0.759. The number of hydrogen-bond donors (Lipinski definition) is 1. The van der Waals surface area contributed by atoms with Crippen LogP contribution in [0.2, 0.25) is 5.02 Å². The highest BCUT2D eigenvalue weighted by Crippen LogP contribution is 2.24. The van der Waals surface area contributed by atoms with Crippen LogP contribution in [0.3, 0.4) is 0 Å². The van der Waals surface area contributed by atoms with E-state index in [1.165, 1.54) is 5.56 Å². The summed E-state index contributed by atoms with van der Waals surface area (Å²) in [5, 5.41) is 7.38. The van der Waals surface area contributed by atoms with E-state index in [1.807, 2.05) is 29.8 Å². The van der Waals surface area contributed by atoms with Crippen molar-refractivity contribution in [3.05, 3.63) is 51.4 Å². The van der Waals surface area contributed by atoms with Gasteiger partial charge < -0.3 is 10.1 Å². The minimum atomic E-state index is 0.372. The van der Waals surface area contributed by atoms with Crippen LogP contribution in [0.1, 0.15) is 16.5 Å². The first-order valence-electron chi connectivity index (χ1n) is 6.63. The van der Waals surface area contributed by atoms with Crippen LogP contribution < -0.4 is 5.32 Å². The summed E-state index contributed by atoms with van der Waals surface area (Å²) in [5.41, 5.74) is 1.25. The number of hydrogen-bond acceptors (Lipinski definition) is 4. The number of rotatable bonds is 8. The largest absolute Gasteiger partial charge is 0.383 e. The monoisotopic (exact) mass is 310 g/mol. The molecule has 0 spiro atoms. The predicted octanol–water partition coefficient (Wildman–Crippen LogP) is 3.36. The molecular formula is C15H19ClN2OS. The molecule has 0 saturated heterocycles. The number of halogens is 1. The van der Waals surface area contributed by atoms with Crippen molar-refractivity contribution in [2.45, 2.75) is 12.3 Å². The predicted molar refractivity (Wildman–Crippen MR) is 84.8 cm³/mol. The standard InChI is InChI=1S/C15H19ClN2OS/c1-19-7-5-17-11-13(10-15-18-6-8-20-15)12-3-2-4-14(16)9-12/h2-4,6,8-9,13,17H,5,7,10-11H2,1H3. The van der Waals surface area contributed by atoms with Crippen LogP contribution in [0.15, 0.2) is 35.8 Å². The molecule has 0 amide bonds. The van der Waals surface area contributed by atoms with E-state index in [9.17, 15) is 0 Å². The lowest BCUT2D eigenvalue weighted by atomic mass is 9.96. The Morgan fingerprint density at radius 2 is 2.35 bits per heavy atom. The summed E-state index contributed by atoms with van der Waals surface area (Å²) in [6, 6.07) is 8.07. The van der Waals surface area contributed by atoms with E-state index in [0.29, 0.717) is 5.92 Å². The lowest BCUT2D eigenvalue weighted by Crippen LogP contribution is -2.26. The number of methoxy groups -OCH3 is 1. The van der Waals surface area contributed by atoms with Gasteiger partial charge >= 0.3 is 0 Å². The van der Waals surface area contributed by atoms with Crippen LogP contribution in [-0.4, -0.2) is 31.8 Å². The van der Waals surface area contributed by atoms with E-state index in [4.69, 9.17) is 16.3 Å². The Balaban J connectivity index is 2.03. The van der Waals surface area contributed by atoms with Crippen LogP contribution in [0.4, 0.5) is 0 Å². The van der Waals surface area contributed by atoms with Gasteiger partial charge in [0.2, 0.25) is 0 Å². The van der Waals surface area contributed by atoms with Crippen molar-refractivity contribution in [3.8, 4) is 0 Å². The molecule has 0 aliphatic rings. The molecule has 1 heterocycles. The molecule has 1 aromatic carbocycles. The van der Waals surface area contributed by atoms with Crippen molar-refractivity contribution in [1.82, 2.24) is 10.3 Å². The van der Waals surface area contributed by atoms with E-state index in [0.717, 1.165) is 36.1 Å². The zero-order valence-corrected chi connectivity index (χ0v) is 13.1. The molecule has 0 saturated carbocycles. The Hall–Kier alpha value is -0.940. The fraction of sp³-hybridized carbons (Fsp3) is 0.400. The Kier molecular flexibility index (Phi) is 6.47. The molecule has 0 radical (unpaired) electrons. The Morgan fingerprint density at radius 1 is 1.45 bits per heavy atom. The Labute approximate surface area is 129 Å². The Morgan fingerprint density at radius 3 is 3.05 bits per heavy atom. The van der Waals surface area contributed by atoms with E-state index < -0.39 is 0 Å². The molecule has 108 valence electrons. The van der Waals surface area contributed by atoms with Crippen LogP contribution in [0, 0.1) is 0 Å². The zero-order chi connectivity index (χ0) is 14.2. The third kappa shape index (κ3) is 4.87. The Bertz CT molecular complexity index is 504. The number of nitrogens with zero attached hydrogens (tertiary/aromatic N) is 1. The average Bonchev–Trinajstić information content (AvgIpc) is 2.95. The van der Waals surface area contributed by atoms with Crippen molar-refractivity contribution < 1.29 is 4.74 Å². The second kappa shape index (κ2) is 8.37. The van der Waals surface area contributed by atoms with Crippen molar-refractivity contribution in [2.75, 3.05) is 26.8 Å². The molecule has 3 nitrogen and oxygen atoms in total. The summed E-state index contributed by atoms with van der Waals surface area (Å²) in [5.74, 6) is 0.372. The first-order chi connectivity index (χ1) is 9.79. The SMILES string of the molecule is COCCNCC(Cc1nccs1)c1cccc(Cl)c1. The maximum atomic E-state index is 6.10. The van der Waals surface area contributed by atoms with Crippen LogP contribution >= 0.6 is 22.9 Å². The van der Waals surface area contributed by atoms with Crippen LogP contribution in [-0.2, 0) is 11.2 Å². The highest BCUT2D eigenvalue weighted by molar-refractivity contribution is 7.09. The number of ether oxygens (including phenoxy) is 1. The first-order valence-corrected chi connectivity index (χ1v) is 7.89. The summed E-state index contributed by atoms with van der Waals surface area (Å²) >= 11 is 7.80. The van der Waals surface area contributed by atoms with Crippen molar-refractivity contribution in [1.29, 1.82) is 0 Å². The molecular weight excluding hydrogens is 292 g/mol. The molecule has 20 heavy (non-hydrogen) atoms. The van der Waals surface area contributed by atoms with Gasteiger partial charge in [0.15, 0.2) is 0 Å². The summed E-state index contributed by atoms with van der Waals surface area (Å²) < 4.78 is 5.06. The fourth-order valence-corrected chi connectivity index (χ4v) is 2.98. The van der Waals surface area contributed by atoms with Crippen LogP contribution in [0.25, 0.3) is 0 Å². The smallest absolute Gasteiger partial charge is 0.0931 e. The van der Waals surface area contributed by atoms with E-state index in [2.05, 4.69) is 16.4 Å². The molecule has 1 aromatic heterocycles. The van der Waals surface area contributed by atoms with Gasteiger partial charge in [-0.25, -0.2) is 4.98 Å². The number of nitrogens with one attached hydrogen (secondary N) is 1. The zero-order valence-electron chi connectivity index (χ0n) is 11.5. The minimum absolute atomic E-state index is 0.372. The maximum Gasteiger partial charge on any atom is 0.0931 e. The molecule has 1 atom stereocenters. The van der Waals surface area contributed by atoms with Gasteiger partial charge in [-0.2, -0.15) is 0 Å². The summed E-state index contributed by atoms with van der Waals surface area (Å²) in [4.78, 5) is 4.38. The summed E-state index contributed by atoms with van der Waals surface area (Å²) in [6.45, 7) is 2.47. The molecule has 0 aliphatic carbocycles. The van der Waals surface area contributed by atoms with Gasteiger partial charge in [0.25, 0.3) is 0 Å². The van der Waals surface area contributed by atoms with Crippen molar-refractivity contribution in [3.63, 3.8) is 0 Å². The van der Waals surface area contributed by atoms with Gasteiger partial charge in [-0.3, -0.25) is 0 Å². The van der Waals surface area contributed by atoms with Gasteiger partial charge in [-0.15, -0.1) is 11.3 Å². The number of benzene rings is 1. The topological polar surface area (TPSA) is 34.1 Å². The van der Waals surface area contributed by atoms with Crippen LogP contribution in [0.5, 0.6) is 0 Å². The van der Waals surface area contributed by atoms with E-state index >= 15 is 0 Å². The average molecular weight is 311 g/mol.